The first-order chi connectivity index (χ1) is 5.52. The summed E-state index contributed by atoms with van der Waals surface area (Å²) in [5, 5.41) is 9.91. The van der Waals surface area contributed by atoms with E-state index in [4.69, 9.17) is 28.9 Å². The van der Waals surface area contributed by atoms with Crippen molar-refractivity contribution in [2.45, 2.75) is 6.82 Å². The Morgan fingerprint density at radius 2 is 2.00 bits per heavy atom. The average molecular weight is 204 g/mol. The molecule has 0 aliphatic rings. The highest BCUT2D eigenvalue weighted by atomic mass is 35.5. The number of rotatable bonds is 1. The van der Waals surface area contributed by atoms with E-state index in [0.29, 0.717) is 21.2 Å². The van der Waals surface area contributed by atoms with Crippen molar-refractivity contribution in [3.63, 3.8) is 0 Å². The van der Waals surface area contributed by atoms with Gasteiger partial charge < -0.3 is 10.8 Å². The fraction of sp³-hybridized carbons (Fsp3) is 0.143. The number of anilines is 1. The van der Waals surface area contributed by atoms with E-state index in [-0.39, 0.29) is 0 Å². The van der Waals surface area contributed by atoms with Gasteiger partial charge in [0.1, 0.15) is 0 Å². The summed E-state index contributed by atoms with van der Waals surface area (Å²) in [5.41, 5.74) is 6.59. The lowest BCUT2D eigenvalue weighted by Gasteiger charge is -2.05. The Morgan fingerprint density at radius 3 is 2.42 bits per heavy atom. The minimum absolute atomic E-state index is 0.334. The fourth-order valence-electron chi connectivity index (χ4n) is 0.873. The van der Waals surface area contributed by atoms with Gasteiger partial charge in [0, 0.05) is 0 Å². The number of hydrogen-bond donors (Lipinski definition) is 2. The molecule has 1 aromatic carbocycles. The molecule has 0 unspecified atom stereocenters. The standard InChI is InChI=1S/C7H8BCl2NO/c1-8(12)4-2-5(9)7(10)6(11)3-4/h2-3,12H,11H2,1H3. The summed E-state index contributed by atoms with van der Waals surface area (Å²) in [6.45, 7) is 1.06. The van der Waals surface area contributed by atoms with Gasteiger partial charge in [0.15, 0.2) is 0 Å². The van der Waals surface area contributed by atoms with Crippen LogP contribution in [0.2, 0.25) is 16.9 Å². The van der Waals surface area contributed by atoms with E-state index in [2.05, 4.69) is 0 Å². The molecule has 3 N–H and O–H groups in total. The molecule has 2 nitrogen and oxygen atoms in total. The summed E-state index contributed by atoms with van der Waals surface area (Å²) < 4.78 is 0. The molecule has 0 spiro atoms. The molecule has 0 aliphatic carbocycles. The lowest BCUT2D eigenvalue weighted by molar-refractivity contribution is 0.594. The van der Waals surface area contributed by atoms with Gasteiger partial charge >= 0.3 is 6.92 Å². The number of benzene rings is 1. The topological polar surface area (TPSA) is 46.2 Å². The Kier molecular flexibility index (Phi) is 2.88. The summed E-state index contributed by atoms with van der Waals surface area (Å²) >= 11 is 11.5. The minimum Gasteiger partial charge on any atom is -0.446 e. The van der Waals surface area contributed by atoms with Gasteiger partial charge in [0.25, 0.3) is 0 Å². The van der Waals surface area contributed by atoms with Gasteiger partial charge in [0.05, 0.1) is 15.7 Å². The van der Waals surface area contributed by atoms with Crippen LogP contribution in [-0.4, -0.2) is 11.9 Å². The molecule has 12 heavy (non-hydrogen) atoms. The van der Waals surface area contributed by atoms with Gasteiger partial charge in [-0.3, -0.25) is 0 Å². The third kappa shape index (κ3) is 1.86. The molecule has 1 aromatic rings. The maximum absolute atomic E-state index is 9.21. The second-order valence-electron chi connectivity index (χ2n) is 2.58. The maximum Gasteiger partial charge on any atom is 0.320 e. The van der Waals surface area contributed by atoms with Crippen molar-refractivity contribution in [1.29, 1.82) is 0 Å². The average Bonchev–Trinajstić information content (AvgIpc) is 1.99. The second-order valence-corrected chi connectivity index (χ2v) is 3.37. The predicted molar refractivity (Wildman–Crippen MR) is 54.3 cm³/mol. The summed E-state index contributed by atoms with van der Waals surface area (Å²) in [4.78, 5) is 0. The van der Waals surface area contributed by atoms with Crippen molar-refractivity contribution < 1.29 is 5.02 Å². The van der Waals surface area contributed by atoms with Crippen LogP contribution in [0.5, 0.6) is 0 Å². The zero-order valence-electron chi connectivity index (χ0n) is 6.51. The molecule has 0 heterocycles. The first-order valence-corrected chi connectivity index (χ1v) is 4.20. The molecule has 0 amide bonds. The monoisotopic (exact) mass is 203 g/mol. The van der Waals surface area contributed by atoms with E-state index in [1.807, 2.05) is 0 Å². The van der Waals surface area contributed by atoms with Crippen LogP contribution in [0.25, 0.3) is 0 Å². The van der Waals surface area contributed by atoms with Crippen molar-refractivity contribution >= 4 is 41.3 Å². The maximum atomic E-state index is 9.21. The van der Waals surface area contributed by atoms with Crippen molar-refractivity contribution in [2.75, 3.05) is 5.73 Å². The smallest absolute Gasteiger partial charge is 0.320 e. The first kappa shape index (κ1) is 9.71. The Bertz CT molecular complexity index is 280. The van der Waals surface area contributed by atoms with Crippen LogP contribution in [0.1, 0.15) is 0 Å². The third-order valence-corrected chi connectivity index (χ3v) is 2.38. The highest BCUT2D eigenvalue weighted by Crippen LogP contribution is 2.26. The molecule has 1 rings (SSSR count). The van der Waals surface area contributed by atoms with Crippen LogP contribution in [0.15, 0.2) is 12.1 Å². The van der Waals surface area contributed by atoms with Gasteiger partial charge in [-0.15, -0.1) is 0 Å². The van der Waals surface area contributed by atoms with Crippen molar-refractivity contribution in [3.05, 3.63) is 22.2 Å². The zero-order valence-corrected chi connectivity index (χ0v) is 8.02. The van der Waals surface area contributed by atoms with Gasteiger partial charge in [0.2, 0.25) is 0 Å². The number of halogens is 2. The third-order valence-electron chi connectivity index (χ3n) is 1.56. The lowest BCUT2D eigenvalue weighted by Crippen LogP contribution is -2.26. The molecule has 64 valence electrons. The van der Waals surface area contributed by atoms with E-state index in [9.17, 15) is 5.02 Å². The first-order valence-electron chi connectivity index (χ1n) is 3.45. The molecule has 0 bridgehead atoms. The normalized spacial score (nSPS) is 10.0. The minimum atomic E-state index is -0.581. The molecule has 0 aromatic heterocycles. The number of hydrogen-bond acceptors (Lipinski definition) is 2. The number of nitrogen functional groups attached to an aromatic ring is 1. The summed E-state index contributed by atoms with van der Waals surface area (Å²) in [5.74, 6) is 0. The van der Waals surface area contributed by atoms with Crippen LogP contribution in [0.4, 0.5) is 5.69 Å². The van der Waals surface area contributed by atoms with E-state index >= 15 is 0 Å². The summed E-state index contributed by atoms with van der Waals surface area (Å²) in [6.07, 6.45) is 0. The molecule has 0 radical (unpaired) electrons. The number of nitrogens with two attached hydrogens (primary N) is 1. The van der Waals surface area contributed by atoms with E-state index in [0.717, 1.165) is 0 Å². The molecular formula is C7H8BCl2NO. The highest BCUT2D eigenvalue weighted by Gasteiger charge is 2.11. The Morgan fingerprint density at radius 1 is 1.42 bits per heavy atom. The molecule has 0 saturated carbocycles. The van der Waals surface area contributed by atoms with Crippen LogP contribution >= 0.6 is 23.2 Å². The molecule has 5 heteroatoms. The SMILES string of the molecule is CB(O)c1cc(N)c(Cl)c(Cl)c1. The van der Waals surface area contributed by atoms with Crippen LogP contribution < -0.4 is 11.2 Å². The lowest BCUT2D eigenvalue weighted by atomic mass is 9.64. The Hall–Kier alpha value is -0.375. The van der Waals surface area contributed by atoms with Crippen molar-refractivity contribution in [1.82, 2.24) is 0 Å². The van der Waals surface area contributed by atoms with Gasteiger partial charge in [-0.2, -0.15) is 0 Å². The largest absolute Gasteiger partial charge is 0.446 e. The Labute approximate surface area is 81.4 Å². The molecule has 0 aliphatic heterocycles. The van der Waals surface area contributed by atoms with Gasteiger partial charge in [-0.25, -0.2) is 0 Å². The molecule has 0 fully saturated rings. The fourth-order valence-corrected chi connectivity index (χ4v) is 1.22. The predicted octanol–water partition coefficient (Wildman–Crippen LogP) is 1.40. The second kappa shape index (κ2) is 3.56. The summed E-state index contributed by atoms with van der Waals surface area (Å²) in [6, 6.07) is 3.21. The van der Waals surface area contributed by atoms with Crippen LogP contribution in [0.3, 0.4) is 0 Å². The van der Waals surface area contributed by atoms with Gasteiger partial charge in [-0.1, -0.05) is 30.0 Å². The van der Waals surface area contributed by atoms with Gasteiger partial charge in [-0.05, 0) is 17.6 Å². The highest BCUT2D eigenvalue weighted by molar-refractivity contribution is 6.65. The molecular weight excluding hydrogens is 196 g/mol. The van der Waals surface area contributed by atoms with Crippen molar-refractivity contribution in [3.8, 4) is 0 Å². The van der Waals surface area contributed by atoms with Crippen LogP contribution in [-0.2, 0) is 0 Å². The quantitative estimate of drug-likeness (QED) is 0.536. The zero-order chi connectivity index (χ0) is 9.30. The molecule has 0 atom stereocenters. The Balaban J connectivity index is 3.21. The van der Waals surface area contributed by atoms with E-state index in [1.165, 1.54) is 0 Å². The van der Waals surface area contributed by atoms with E-state index < -0.39 is 6.92 Å². The van der Waals surface area contributed by atoms with Crippen molar-refractivity contribution in [2.24, 2.45) is 0 Å². The van der Waals surface area contributed by atoms with Crippen LogP contribution in [0, 0.1) is 0 Å². The summed E-state index contributed by atoms with van der Waals surface area (Å²) in [7, 11) is 0. The van der Waals surface area contributed by atoms with E-state index in [1.54, 1.807) is 19.0 Å². The molecule has 0 saturated heterocycles.